The molecule has 0 amide bonds. The molecule has 0 radical (unpaired) electrons. The number of carbonyl (C=O) groups excluding carboxylic acids is 1. The van der Waals surface area contributed by atoms with Crippen LogP contribution >= 0.6 is 0 Å². The average Bonchev–Trinajstić information content (AvgIpc) is 2.73. The Morgan fingerprint density at radius 2 is 1.82 bits per heavy atom. The Balaban J connectivity index is 1.85. The molecule has 1 aliphatic heterocycles. The summed E-state index contributed by atoms with van der Waals surface area (Å²) in [5.41, 5.74) is 1.48. The van der Waals surface area contributed by atoms with Gasteiger partial charge in [0.2, 0.25) is 5.43 Å². The van der Waals surface area contributed by atoms with Crippen molar-refractivity contribution in [3.05, 3.63) is 52.4 Å². The Hall–Kier alpha value is -3.28. The number of rotatable bonds is 4. The van der Waals surface area contributed by atoms with Gasteiger partial charge in [0.05, 0.1) is 10.9 Å². The number of ether oxygens (including phenoxy) is 3. The molecule has 0 aliphatic carbocycles. The molecule has 6 heteroatoms. The van der Waals surface area contributed by atoms with Crippen LogP contribution in [0.15, 0.2) is 45.6 Å². The van der Waals surface area contributed by atoms with Crippen LogP contribution in [0.1, 0.15) is 26.0 Å². The summed E-state index contributed by atoms with van der Waals surface area (Å²) < 4.78 is 22.4. The van der Waals surface area contributed by atoms with Crippen LogP contribution in [0, 0.1) is 0 Å². The van der Waals surface area contributed by atoms with Gasteiger partial charge < -0.3 is 18.6 Å². The van der Waals surface area contributed by atoms with E-state index in [-0.39, 0.29) is 17.8 Å². The van der Waals surface area contributed by atoms with Crippen LogP contribution in [0.2, 0.25) is 0 Å². The molecule has 28 heavy (non-hydrogen) atoms. The summed E-state index contributed by atoms with van der Waals surface area (Å²) in [7, 11) is 0. The molecule has 0 fully saturated rings. The Bertz CT molecular complexity index is 1110. The second-order valence-corrected chi connectivity index (χ2v) is 6.43. The Morgan fingerprint density at radius 3 is 2.57 bits per heavy atom. The number of carbonyl (C=O) groups is 1. The molecule has 3 aromatic rings. The maximum Gasteiger partial charge on any atom is 0.310 e. The monoisotopic (exact) mass is 380 g/mol. The van der Waals surface area contributed by atoms with Gasteiger partial charge in [-0.05, 0) is 29.8 Å². The Kier molecular flexibility index (Phi) is 4.77. The predicted molar refractivity (Wildman–Crippen MR) is 104 cm³/mol. The summed E-state index contributed by atoms with van der Waals surface area (Å²) >= 11 is 0. The first kappa shape index (κ1) is 18.1. The van der Waals surface area contributed by atoms with E-state index in [4.69, 9.17) is 18.6 Å². The van der Waals surface area contributed by atoms with Crippen molar-refractivity contribution in [2.45, 2.75) is 26.7 Å². The number of hydrogen-bond acceptors (Lipinski definition) is 6. The Morgan fingerprint density at radius 1 is 1.04 bits per heavy atom. The second kappa shape index (κ2) is 7.38. The molecule has 0 unspecified atom stereocenters. The summed E-state index contributed by atoms with van der Waals surface area (Å²) in [4.78, 5) is 24.8. The number of fused-ring (bicyclic) bond motifs is 2. The van der Waals surface area contributed by atoms with Crippen molar-refractivity contribution < 1.29 is 23.4 Å². The first-order valence-electron chi connectivity index (χ1n) is 9.31. The molecule has 0 N–H and O–H groups in total. The lowest BCUT2D eigenvalue weighted by atomic mass is 10.0. The lowest BCUT2D eigenvalue weighted by Crippen LogP contribution is -2.15. The third kappa shape index (κ3) is 3.22. The van der Waals surface area contributed by atoms with Crippen molar-refractivity contribution >= 4 is 16.9 Å². The lowest BCUT2D eigenvalue weighted by Gasteiger charge is -2.19. The summed E-state index contributed by atoms with van der Waals surface area (Å²) in [5, 5.41) is 0.429. The molecule has 1 aromatic heterocycles. The minimum atomic E-state index is -0.342. The quantitative estimate of drug-likeness (QED) is 0.501. The van der Waals surface area contributed by atoms with Crippen molar-refractivity contribution in [1.29, 1.82) is 0 Å². The van der Waals surface area contributed by atoms with E-state index in [2.05, 4.69) is 0 Å². The standard InChI is InChI=1S/C22H20O6/c1-3-16-21(13-5-8-17-19(11-13)26-10-9-25-17)22(24)15-7-6-14(12-18(15)28-16)27-20(23)4-2/h5-8,11-12H,3-4,9-10H2,1-2H3. The van der Waals surface area contributed by atoms with E-state index in [0.717, 1.165) is 5.56 Å². The molecule has 0 saturated carbocycles. The normalized spacial score (nSPS) is 12.8. The van der Waals surface area contributed by atoms with Gasteiger partial charge in [-0.15, -0.1) is 0 Å². The van der Waals surface area contributed by atoms with Crippen LogP contribution in [0.5, 0.6) is 17.2 Å². The maximum absolute atomic E-state index is 13.2. The van der Waals surface area contributed by atoms with E-state index in [9.17, 15) is 9.59 Å². The highest BCUT2D eigenvalue weighted by Crippen LogP contribution is 2.35. The first-order chi connectivity index (χ1) is 13.6. The van der Waals surface area contributed by atoms with Gasteiger partial charge in [-0.25, -0.2) is 0 Å². The van der Waals surface area contributed by atoms with Crippen molar-refractivity contribution in [3.8, 4) is 28.4 Å². The molecular weight excluding hydrogens is 360 g/mol. The molecule has 0 saturated heterocycles. The minimum Gasteiger partial charge on any atom is -0.486 e. The number of aryl methyl sites for hydroxylation is 1. The van der Waals surface area contributed by atoms with E-state index >= 15 is 0 Å². The van der Waals surface area contributed by atoms with Gasteiger partial charge in [0.15, 0.2) is 11.5 Å². The molecular formula is C22H20O6. The highest BCUT2D eigenvalue weighted by atomic mass is 16.6. The van der Waals surface area contributed by atoms with E-state index in [1.54, 1.807) is 31.2 Å². The van der Waals surface area contributed by atoms with Gasteiger partial charge in [0, 0.05) is 18.9 Å². The fraction of sp³-hybridized carbons (Fsp3) is 0.273. The molecule has 0 bridgehead atoms. The van der Waals surface area contributed by atoms with Crippen LogP contribution in [-0.2, 0) is 11.2 Å². The largest absolute Gasteiger partial charge is 0.486 e. The lowest BCUT2D eigenvalue weighted by molar-refractivity contribution is -0.134. The molecule has 1 aliphatic rings. The SMILES string of the molecule is CCC(=O)Oc1ccc2c(=O)c(-c3ccc4c(c3)OCCO4)c(CC)oc2c1. The van der Waals surface area contributed by atoms with Gasteiger partial charge in [0.25, 0.3) is 0 Å². The topological polar surface area (TPSA) is 75.0 Å². The molecule has 4 rings (SSSR count). The number of esters is 1. The van der Waals surface area contributed by atoms with Gasteiger partial charge >= 0.3 is 5.97 Å². The van der Waals surface area contributed by atoms with Crippen LogP contribution in [0.25, 0.3) is 22.1 Å². The molecule has 0 atom stereocenters. The fourth-order valence-corrected chi connectivity index (χ4v) is 3.23. The zero-order chi connectivity index (χ0) is 19.7. The molecule has 2 aromatic carbocycles. The van der Waals surface area contributed by atoms with Gasteiger partial charge in [-0.1, -0.05) is 19.9 Å². The van der Waals surface area contributed by atoms with Gasteiger partial charge in [0.1, 0.15) is 30.3 Å². The maximum atomic E-state index is 13.2. The van der Waals surface area contributed by atoms with E-state index in [1.165, 1.54) is 0 Å². The summed E-state index contributed by atoms with van der Waals surface area (Å²) in [6.45, 7) is 4.63. The minimum absolute atomic E-state index is 0.136. The number of hydrogen-bond donors (Lipinski definition) is 0. The Labute approximate surface area is 161 Å². The van der Waals surface area contributed by atoms with Gasteiger partial charge in [-0.3, -0.25) is 9.59 Å². The summed E-state index contributed by atoms with van der Waals surface area (Å²) in [5.74, 6) is 1.86. The first-order valence-corrected chi connectivity index (χ1v) is 9.31. The van der Waals surface area contributed by atoms with Gasteiger partial charge in [-0.2, -0.15) is 0 Å². The zero-order valence-corrected chi connectivity index (χ0v) is 15.7. The third-order valence-corrected chi connectivity index (χ3v) is 4.61. The zero-order valence-electron chi connectivity index (χ0n) is 15.7. The highest BCUT2D eigenvalue weighted by molar-refractivity contribution is 5.85. The van der Waals surface area contributed by atoms with E-state index in [1.807, 2.05) is 19.1 Å². The van der Waals surface area contributed by atoms with Crippen LogP contribution in [-0.4, -0.2) is 19.2 Å². The second-order valence-electron chi connectivity index (χ2n) is 6.43. The molecule has 2 heterocycles. The fourth-order valence-electron chi connectivity index (χ4n) is 3.23. The van der Waals surface area contributed by atoms with E-state index < -0.39 is 0 Å². The van der Waals surface area contributed by atoms with Crippen LogP contribution in [0.4, 0.5) is 0 Å². The van der Waals surface area contributed by atoms with Crippen molar-refractivity contribution in [2.75, 3.05) is 13.2 Å². The predicted octanol–water partition coefficient (Wildman–Crippen LogP) is 4.11. The smallest absolute Gasteiger partial charge is 0.310 e. The average molecular weight is 380 g/mol. The summed E-state index contributed by atoms with van der Waals surface area (Å²) in [6.07, 6.45) is 0.805. The molecule has 0 spiro atoms. The number of benzene rings is 2. The summed E-state index contributed by atoms with van der Waals surface area (Å²) in [6, 6.07) is 10.3. The van der Waals surface area contributed by atoms with Crippen molar-refractivity contribution in [3.63, 3.8) is 0 Å². The van der Waals surface area contributed by atoms with E-state index in [0.29, 0.717) is 59.2 Å². The van der Waals surface area contributed by atoms with Crippen molar-refractivity contribution in [1.82, 2.24) is 0 Å². The van der Waals surface area contributed by atoms with Crippen LogP contribution < -0.4 is 19.6 Å². The van der Waals surface area contributed by atoms with Crippen molar-refractivity contribution in [2.24, 2.45) is 0 Å². The molecule has 6 nitrogen and oxygen atoms in total. The highest BCUT2D eigenvalue weighted by Gasteiger charge is 2.19. The third-order valence-electron chi connectivity index (χ3n) is 4.61. The molecule has 144 valence electrons. The van der Waals surface area contributed by atoms with Crippen LogP contribution in [0.3, 0.4) is 0 Å².